The monoisotopic (exact) mass is 447 g/mol. The molecule has 0 saturated heterocycles. The first-order valence-corrected chi connectivity index (χ1v) is 11.8. The van der Waals surface area contributed by atoms with Gasteiger partial charge in [0.2, 0.25) is 5.52 Å². The lowest BCUT2D eigenvalue weighted by atomic mass is 10.0. The fourth-order valence-corrected chi connectivity index (χ4v) is 5.38. The molecule has 0 atom stereocenters. The third-order valence-electron chi connectivity index (χ3n) is 6.11. The Morgan fingerprint density at radius 3 is 2.73 bits per heavy atom. The van der Waals surface area contributed by atoms with Gasteiger partial charge in [0.1, 0.15) is 12.9 Å². The summed E-state index contributed by atoms with van der Waals surface area (Å²) in [5.41, 5.74) is 6.74. The number of H-pyrrole nitrogens is 1. The summed E-state index contributed by atoms with van der Waals surface area (Å²) < 4.78 is 2.16. The number of thioether (sulfide) groups is 1. The third kappa shape index (κ3) is 3.51. The molecule has 0 unspecified atom stereocenters. The van der Waals surface area contributed by atoms with E-state index in [1.165, 1.54) is 32.1 Å². The predicted octanol–water partition coefficient (Wildman–Crippen LogP) is 6.30. The van der Waals surface area contributed by atoms with E-state index in [9.17, 15) is 0 Å². The number of anilines is 1. The number of para-hydroxylation sites is 3. The molecule has 0 fully saturated rings. The summed E-state index contributed by atoms with van der Waals surface area (Å²) in [5, 5.41) is 2.42. The van der Waals surface area contributed by atoms with Crippen molar-refractivity contribution in [2.75, 3.05) is 11.9 Å². The Hall–Kier alpha value is -3.83. The van der Waals surface area contributed by atoms with Gasteiger partial charge in [-0.2, -0.15) is 0 Å². The molecule has 5 aromatic rings. The highest BCUT2D eigenvalue weighted by molar-refractivity contribution is 8.03. The Bertz CT molecular complexity index is 1550. The van der Waals surface area contributed by atoms with Crippen LogP contribution in [0.15, 0.2) is 101 Å². The van der Waals surface area contributed by atoms with Crippen LogP contribution in [0.5, 0.6) is 0 Å². The van der Waals surface area contributed by atoms with Gasteiger partial charge in [0.25, 0.3) is 0 Å². The molecule has 3 heterocycles. The van der Waals surface area contributed by atoms with Crippen molar-refractivity contribution in [2.45, 2.75) is 4.90 Å². The van der Waals surface area contributed by atoms with Crippen LogP contribution >= 0.6 is 11.8 Å². The van der Waals surface area contributed by atoms with Crippen LogP contribution < -0.4 is 9.47 Å². The molecule has 3 aromatic carbocycles. The number of imidazole rings is 1. The standard InChI is InChI=1S/C28H23N4S/c1-31-17-16-19(8-7-13-27-32(2)25-11-5-6-12-26(25)33-27)21-18-20(14-15-24(21)31)28-29-22-9-3-4-10-23(22)30-28/h3-18H,1-2H3,(H,29,30)/q+1. The zero-order valence-electron chi connectivity index (χ0n) is 18.5. The highest BCUT2D eigenvalue weighted by atomic mass is 32.2. The number of aromatic nitrogens is 3. The minimum absolute atomic E-state index is 0.892. The van der Waals surface area contributed by atoms with Crippen molar-refractivity contribution in [1.29, 1.82) is 0 Å². The molecule has 1 aliphatic rings. The summed E-state index contributed by atoms with van der Waals surface area (Å²) in [6.45, 7) is 0. The lowest BCUT2D eigenvalue weighted by Gasteiger charge is -2.12. The summed E-state index contributed by atoms with van der Waals surface area (Å²) in [6.07, 6.45) is 8.64. The van der Waals surface area contributed by atoms with Crippen LogP contribution in [-0.2, 0) is 7.05 Å². The lowest BCUT2D eigenvalue weighted by molar-refractivity contribution is -0.644. The molecule has 0 bridgehead atoms. The predicted molar refractivity (Wildman–Crippen MR) is 138 cm³/mol. The molecule has 2 aromatic heterocycles. The number of aromatic amines is 1. The van der Waals surface area contributed by atoms with Crippen molar-refractivity contribution in [2.24, 2.45) is 7.05 Å². The molecule has 33 heavy (non-hydrogen) atoms. The molecule has 0 spiro atoms. The van der Waals surface area contributed by atoms with Gasteiger partial charge in [-0.25, -0.2) is 9.55 Å². The minimum atomic E-state index is 0.892. The van der Waals surface area contributed by atoms with Gasteiger partial charge in [-0.1, -0.05) is 48.2 Å². The quantitative estimate of drug-likeness (QED) is 0.330. The average molecular weight is 448 g/mol. The van der Waals surface area contributed by atoms with E-state index in [2.05, 4.69) is 108 Å². The number of benzene rings is 3. The fraction of sp³-hybridized carbons (Fsp3) is 0.0714. The number of nitrogens with zero attached hydrogens (tertiary/aromatic N) is 3. The van der Waals surface area contributed by atoms with Crippen molar-refractivity contribution < 1.29 is 4.57 Å². The van der Waals surface area contributed by atoms with Gasteiger partial charge in [0.05, 0.1) is 27.1 Å². The summed E-state index contributed by atoms with van der Waals surface area (Å²) in [6, 6.07) is 25.4. The molecule has 160 valence electrons. The van der Waals surface area contributed by atoms with Gasteiger partial charge in [-0.05, 0) is 48.0 Å². The number of rotatable bonds is 3. The second-order valence-corrected chi connectivity index (χ2v) is 9.27. The first kappa shape index (κ1) is 19.8. The summed E-state index contributed by atoms with van der Waals surface area (Å²) >= 11 is 1.81. The van der Waals surface area contributed by atoms with E-state index < -0.39 is 0 Å². The van der Waals surface area contributed by atoms with Crippen LogP contribution in [0.25, 0.3) is 39.4 Å². The van der Waals surface area contributed by atoms with Crippen LogP contribution in [0.4, 0.5) is 5.69 Å². The number of fused-ring (bicyclic) bond motifs is 3. The Balaban J connectivity index is 1.37. The molecular weight excluding hydrogens is 424 g/mol. The summed E-state index contributed by atoms with van der Waals surface area (Å²) in [4.78, 5) is 11.8. The molecule has 4 nitrogen and oxygen atoms in total. The second kappa shape index (κ2) is 7.94. The normalized spacial score (nSPS) is 14.7. The van der Waals surface area contributed by atoms with E-state index in [0.29, 0.717) is 0 Å². The third-order valence-corrected chi connectivity index (χ3v) is 7.30. The summed E-state index contributed by atoms with van der Waals surface area (Å²) in [7, 11) is 4.20. The van der Waals surface area contributed by atoms with Crippen molar-refractivity contribution in [3.8, 4) is 11.4 Å². The smallest absolute Gasteiger partial charge is 0.212 e. The highest BCUT2D eigenvalue weighted by Crippen LogP contribution is 2.44. The van der Waals surface area contributed by atoms with E-state index in [4.69, 9.17) is 4.98 Å². The fourth-order valence-electron chi connectivity index (χ4n) is 4.32. The van der Waals surface area contributed by atoms with Gasteiger partial charge >= 0.3 is 0 Å². The van der Waals surface area contributed by atoms with Crippen molar-refractivity contribution >= 4 is 45.5 Å². The molecule has 0 aliphatic carbocycles. The summed E-state index contributed by atoms with van der Waals surface area (Å²) in [5.74, 6) is 0.892. The topological polar surface area (TPSA) is 35.8 Å². The Kier molecular flexibility index (Phi) is 4.77. The first-order valence-electron chi connectivity index (χ1n) is 10.9. The average Bonchev–Trinajstić information content (AvgIpc) is 3.42. The number of allylic oxidation sites excluding steroid dienone is 2. The maximum atomic E-state index is 4.79. The van der Waals surface area contributed by atoms with Gasteiger partial charge in [0, 0.05) is 29.6 Å². The van der Waals surface area contributed by atoms with Crippen LogP contribution in [0.1, 0.15) is 5.56 Å². The van der Waals surface area contributed by atoms with Crippen LogP contribution in [0, 0.1) is 0 Å². The Morgan fingerprint density at radius 1 is 1.00 bits per heavy atom. The molecule has 0 amide bonds. The lowest BCUT2D eigenvalue weighted by Crippen LogP contribution is -2.28. The van der Waals surface area contributed by atoms with Crippen molar-refractivity contribution in [3.05, 3.63) is 102 Å². The van der Waals surface area contributed by atoms with Crippen LogP contribution in [0.3, 0.4) is 0 Å². The maximum Gasteiger partial charge on any atom is 0.212 e. The zero-order valence-corrected chi connectivity index (χ0v) is 19.3. The number of hydrogen-bond acceptors (Lipinski definition) is 3. The van der Waals surface area contributed by atoms with E-state index in [1.807, 2.05) is 18.2 Å². The van der Waals surface area contributed by atoms with Crippen molar-refractivity contribution in [1.82, 2.24) is 9.97 Å². The van der Waals surface area contributed by atoms with Gasteiger partial charge in [-0.3, -0.25) is 0 Å². The number of aryl methyl sites for hydroxylation is 1. The molecule has 6 rings (SSSR count). The number of hydrogen-bond donors (Lipinski definition) is 1. The minimum Gasteiger partial charge on any atom is -0.338 e. The maximum absolute atomic E-state index is 4.79. The SMILES string of the molecule is CN1/C(=C\C=C\c2cc[n+](C)c3ccc(-c4nc5ccccc5[nH]4)cc23)Sc2ccccc21. The molecule has 1 aliphatic heterocycles. The largest absolute Gasteiger partial charge is 0.338 e. The highest BCUT2D eigenvalue weighted by Gasteiger charge is 2.20. The van der Waals surface area contributed by atoms with Crippen molar-refractivity contribution in [3.63, 3.8) is 0 Å². The van der Waals surface area contributed by atoms with E-state index in [0.717, 1.165) is 22.4 Å². The van der Waals surface area contributed by atoms with Gasteiger partial charge in [-0.15, -0.1) is 0 Å². The molecule has 0 radical (unpaired) electrons. The molecule has 1 N–H and O–H groups in total. The Morgan fingerprint density at radius 2 is 1.85 bits per heavy atom. The number of pyridine rings is 1. The van der Waals surface area contributed by atoms with E-state index in [-0.39, 0.29) is 0 Å². The second-order valence-electron chi connectivity index (χ2n) is 8.21. The molecule has 5 heteroatoms. The van der Waals surface area contributed by atoms with Gasteiger partial charge < -0.3 is 9.88 Å². The van der Waals surface area contributed by atoms with Gasteiger partial charge in [0.15, 0.2) is 6.20 Å². The first-order chi connectivity index (χ1) is 16.2. The van der Waals surface area contributed by atoms with Crippen LogP contribution in [0.2, 0.25) is 0 Å². The number of nitrogens with one attached hydrogen (secondary N) is 1. The Labute approximate surface area is 196 Å². The van der Waals surface area contributed by atoms with Crippen LogP contribution in [-0.4, -0.2) is 17.0 Å². The van der Waals surface area contributed by atoms with E-state index >= 15 is 0 Å². The molecule has 0 saturated carbocycles. The zero-order chi connectivity index (χ0) is 22.4. The van der Waals surface area contributed by atoms with E-state index in [1.54, 1.807) is 11.8 Å². The molecular formula is C28H23N4S+.